The monoisotopic (exact) mass is 324 g/mol. The molecule has 0 aromatic heterocycles. The van der Waals surface area contributed by atoms with E-state index in [0.29, 0.717) is 6.54 Å². The van der Waals surface area contributed by atoms with Gasteiger partial charge < -0.3 is 10.6 Å². The number of carbonyl (C=O) groups excluding carboxylic acids is 1. The summed E-state index contributed by atoms with van der Waals surface area (Å²) in [6, 6.07) is 8.04. The van der Waals surface area contributed by atoms with E-state index in [1.54, 1.807) is 4.90 Å². The van der Waals surface area contributed by atoms with Crippen molar-refractivity contribution in [2.75, 3.05) is 7.05 Å². The molecule has 2 N–H and O–H groups in total. The molecule has 1 aliphatic carbocycles. The average Bonchev–Trinajstić information content (AvgIpc) is 2.41. The molecule has 0 spiro atoms. The minimum absolute atomic E-state index is 0.0788. The van der Waals surface area contributed by atoms with Gasteiger partial charge in [0, 0.05) is 18.1 Å². The molecule has 19 heavy (non-hydrogen) atoms. The summed E-state index contributed by atoms with van der Waals surface area (Å²) in [7, 11) is 1.84. The van der Waals surface area contributed by atoms with Gasteiger partial charge in [-0.05, 0) is 30.5 Å². The highest BCUT2D eigenvalue weighted by Gasteiger charge is 2.37. The maximum Gasteiger partial charge on any atom is 0.242 e. The number of nitrogens with two attached hydrogens (primary N) is 1. The van der Waals surface area contributed by atoms with E-state index >= 15 is 0 Å². The summed E-state index contributed by atoms with van der Waals surface area (Å²) in [5, 5.41) is 0. The highest BCUT2D eigenvalue weighted by molar-refractivity contribution is 9.10. The fourth-order valence-electron chi connectivity index (χ4n) is 2.71. The van der Waals surface area contributed by atoms with Crippen LogP contribution in [0.3, 0.4) is 0 Å². The second kappa shape index (κ2) is 6.06. The zero-order valence-corrected chi connectivity index (χ0v) is 12.9. The molecule has 1 aromatic carbocycles. The molecular formula is C15H21BrN2O. The van der Waals surface area contributed by atoms with E-state index in [1.165, 1.54) is 6.42 Å². The van der Waals surface area contributed by atoms with Crippen LogP contribution in [0, 0.1) is 0 Å². The Balaban J connectivity index is 2.00. The normalized spacial score (nSPS) is 18.1. The van der Waals surface area contributed by atoms with E-state index in [-0.39, 0.29) is 5.91 Å². The van der Waals surface area contributed by atoms with Crippen LogP contribution < -0.4 is 5.73 Å². The van der Waals surface area contributed by atoms with E-state index in [0.717, 1.165) is 35.7 Å². The summed E-state index contributed by atoms with van der Waals surface area (Å²) in [5.41, 5.74) is 6.77. The number of hydrogen-bond acceptors (Lipinski definition) is 2. The van der Waals surface area contributed by atoms with E-state index in [1.807, 2.05) is 31.3 Å². The van der Waals surface area contributed by atoms with Crippen molar-refractivity contribution in [3.05, 3.63) is 34.3 Å². The molecule has 1 saturated carbocycles. The van der Waals surface area contributed by atoms with Crippen molar-refractivity contribution in [1.29, 1.82) is 0 Å². The molecule has 0 saturated heterocycles. The molecule has 1 fully saturated rings. The zero-order valence-electron chi connectivity index (χ0n) is 11.4. The molecule has 0 aliphatic heterocycles. The van der Waals surface area contributed by atoms with Gasteiger partial charge in [-0.15, -0.1) is 0 Å². The molecule has 1 aliphatic rings. The Hall–Kier alpha value is -0.870. The lowest BCUT2D eigenvalue weighted by molar-refractivity contribution is -0.137. The van der Waals surface area contributed by atoms with Crippen LogP contribution in [0.4, 0.5) is 0 Å². The summed E-state index contributed by atoms with van der Waals surface area (Å²) >= 11 is 3.41. The lowest BCUT2D eigenvalue weighted by Crippen LogP contribution is -2.55. The number of hydrogen-bond donors (Lipinski definition) is 1. The van der Waals surface area contributed by atoms with Crippen molar-refractivity contribution < 1.29 is 4.79 Å². The molecule has 3 nitrogen and oxygen atoms in total. The Bertz CT molecular complexity index is 438. The lowest BCUT2D eigenvalue weighted by Gasteiger charge is -2.35. The first-order valence-corrected chi connectivity index (χ1v) is 7.59. The van der Waals surface area contributed by atoms with Gasteiger partial charge in [-0.3, -0.25) is 4.79 Å². The second-order valence-electron chi connectivity index (χ2n) is 5.50. The second-order valence-corrected chi connectivity index (χ2v) is 6.42. The first-order valence-electron chi connectivity index (χ1n) is 6.80. The van der Waals surface area contributed by atoms with Crippen molar-refractivity contribution in [3.8, 4) is 0 Å². The summed E-state index contributed by atoms with van der Waals surface area (Å²) in [6.45, 7) is 0.616. The summed E-state index contributed by atoms with van der Waals surface area (Å²) in [4.78, 5) is 14.2. The Morgan fingerprint density at radius 2 is 1.84 bits per heavy atom. The molecule has 104 valence electrons. The quantitative estimate of drug-likeness (QED) is 0.928. The largest absolute Gasteiger partial charge is 0.340 e. The topological polar surface area (TPSA) is 46.3 Å². The van der Waals surface area contributed by atoms with E-state index in [9.17, 15) is 4.79 Å². The number of carbonyl (C=O) groups is 1. The van der Waals surface area contributed by atoms with Gasteiger partial charge in [0.05, 0.1) is 5.54 Å². The molecule has 2 rings (SSSR count). The molecule has 1 amide bonds. The smallest absolute Gasteiger partial charge is 0.242 e. The van der Waals surface area contributed by atoms with Crippen molar-refractivity contribution in [1.82, 2.24) is 4.90 Å². The standard InChI is InChI=1S/C15H21BrN2O/c1-18(11-12-5-7-13(16)8-6-12)14(19)15(17)9-3-2-4-10-15/h5-8H,2-4,9-11,17H2,1H3. The predicted molar refractivity (Wildman–Crippen MR) is 80.6 cm³/mol. The van der Waals surface area contributed by atoms with Crippen molar-refractivity contribution in [2.45, 2.75) is 44.2 Å². The van der Waals surface area contributed by atoms with Crippen LogP contribution in [0.5, 0.6) is 0 Å². The van der Waals surface area contributed by atoms with Crippen molar-refractivity contribution in [3.63, 3.8) is 0 Å². The highest BCUT2D eigenvalue weighted by Crippen LogP contribution is 2.27. The molecule has 0 atom stereocenters. The number of halogens is 1. The van der Waals surface area contributed by atoms with E-state index in [4.69, 9.17) is 5.73 Å². The van der Waals surface area contributed by atoms with Crippen LogP contribution in [0.25, 0.3) is 0 Å². The van der Waals surface area contributed by atoms with Crippen molar-refractivity contribution >= 4 is 21.8 Å². The van der Waals surface area contributed by atoms with Gasteiger partial charge in [0.1, 0.15) is 0 Å². The van der Waals surface area contributed by atoms with Gasteiger partial charge in [0.15, 0.2) is 0 Å². The van der Waals surface area contributed by atoms with Crippen LogP contribution in [-0.4, -0.2) is 23.4 Å². The lowest BCUT2D eigenvalue weighted by atomic mass is 9.81. The van der Waals surface area contributed by atoms with Gasteiger partial charge in [-0.2, -0.15) is 0 Å². The minimum Gasteiger partial charge on any atom is -0.340 e. The summed E-state index contributed by atoms with van der Waals surface area (Å²) < 4.78 is 1.05. The van der Waals surface area contributed by atoms with Gasteiger partial charge in [-0.25, -0.2) is 0 Å². The van der Waals surface area contributed by atoms with Crippen LogP contribution >= 0.6 is 15.9 Å². The van der Waals surface area contributed by atoms with Gasteiger partial charge in [-0.1, -0.05) is 47.3 Å². The molecule has 0 radical (unpaired) electrons. The van der Waals surface area contributed by atoms with E-state index in [2.05, 4.69) is 15.9 Å². The van der Waals surface area contributed by atoms with E-state index < -0.39 is 5.54 Å². The molecule has 0 bridgehead atoms. The van der Waals surface area contributed by atoms with Gasteiger partial charge >= 0.3 is 0 Å². The highest BCUT2D eigenvalue weighted by atomic mass is 79.9. The Kier molecular flexibility index (Phi) is 4.63. The number of rotatable bonds is 3. The number of benzene rings is 1. The molecule has 0 heterocycles. The Morgan fingerprint density at radius 3 is 2.42 bits per heavy atom. The fraction of sp³-hybridized carbons (Fsp3) is 0.533. The minimum atomic E-state index is -0.637. The molecule has 4 heteroatoms. The Morgan fingerprint density at radius 1 is 1.26 bits per heavy atom. The third kappa shape index (κ3) is 3.57. The molecule has 1 aromatic rings. The first kappa shape index (κ1) is 14.5. The first-order chi connectivity index (χ1) is 9.01. The van der Waals surface area contributed by atoms with Gasteiger partial charge in [0.25, 0.3) is 0 Å². The Labute approximate surface area is 123 Å². The number of nitrogens with zero attached hydrogens (tertiary/aromatic N) is 1. The number of likely N-dealkylation sites (N-methyl/N-ethyl adjacent to an activating group) is 1. The molecular weight excluding hydrogens is 304 g/mol. The van der Waals surface area contributed by atoms with Crippen LogP contribution in [0.1, 0.15) is 37.7 Å². The summed E-state index contributed by atoms with van der Waals surface area (Å²) in [6.07, 6.45) is 4.96. The number of amides is 1. The van der Waals surface area contributed by atoms with Crippen LogP contribution in [0.2, 0.25) is 0 Å². The third-order valence-electron chi connectivity index (χ3n) is 3.85. The average molecular weight is 325 g/mol. The summed E-state index contributed by atoms with van der Waals surface area (Å²) in [5.74, 6) is 0.0788. The maximum atomic E-state index is 12.5. The maximum absolute atomic E-state index is 12.5. The van der Waals surface area contributed by atoms with Crippen LogP contribution in [-0.2, 0) is 11.3 Å². The van der Waals surface area contributed by atoms with Crippen molar-refractivity contribution in [2.24, 2.45) is 5.73 Å². The van der Waals surface area contributed by atoms with Gasteiger partial charge in [0.2, 0.25) is 5.91 Å². The third-order valence-corrected chi connectivity index (χ3v) is 4.38. The van der Waals surface area contributed by atoms with Crippen LogP contribution in [0.15, 0.2) is 28.7 Å². The SMILES string of the molecule is CN(Cc1ccc(Br)cc1)C(=O)C1(N)CCCCC1. The predicted octanol–water partition coefficient (Wildman–Crippen LogP) is 3.07. The molecule has 0 unspecified atom stereocenters. The fourth-order valence-corrected chi connectivity index (χ4v) is 2.98. The zero-order chi connectivity index (χ0) is 13.9.